The lowest BCUT2D eigenvalue weighted by atomic mass is 9.98. The average molecular weight is 364 g/mol. The molecule has 0 aliphatic carbocycles. The minimum absolute atomic E-state index is 0.117. The molecule has 0 radical (unpaired) electrons. The van der Waals surface area contributed by atoms with Crippen molar-refractivity contribution in [3.63, 3.8) is 0 Å². The third-order valence-electron chi connectivity index (χ3n) is 4.99. The Morgan fingerprint density at radius 2 is 2.00 bits per heavy atom. The van der Waals surface area contributed by atoms with E-state index in [0.717, 1.165) is 44.4 Å². The van der Waals surface area contributed by atoms with E-state index in [2.05, 4.69) is 9.88 Å². The quantitative estimate of drug-likeness (QED) is 0.821. The summed E-state index contributed by atoms with van der Waals surface area (Å²) in [6, 6.07) is 6.07. The molecule has 4 rings (SSSR count). The number of rotatable bonds is 2. The fourth-order valence-electron chi connectivity index (χ4n) is 3.55. The summed E-state index contributed by atoms with van der Waals surface area (Å²) < 4.78 is 11.2. The molecule has 0 bridgehead atoms. The van der Waals surface area contributed by atoms with Crippen molar-refractivity contribution in [3.8, 4) is 0 Å². The van der Waals surface area contributed by atoms with Gasteiger partial charge in [-0.15, -0.1) is 0 Å². The molecule has 0 unspecified atom stereocenters. The molecule has 1 amide bonds. The fourth-order valence-corrected chi connectivity index (χ4v) is 3.72. The normalized spacial score (nSPS) is 20.0. The number of ether oxygens (including phenoxy) is 1. The summed E-state index contributed by atoms with van der Waals surface area (Å²) in [4.78, 5) is 21.4. The first-order valence-corrected chi connectivity index (χ1v) is 9.26. The van der Waals surface area contributed by atoms with Gasteiger partial charge >= 0.3 is 0 Å². The Morgan fingerprint density at radius 3 is 2.84 bits per heavy atom. The van der Waals surface area contributed by atoms with Crippen LogP contribution >= 0.6 is 11.6 Å². The van der Waals surface area contributed by atoms with Crippen LogP contribution in [0.5, 0.6) is 0 Å². The van der Waals surface area contributed by atoms with Gasteiger partial charge in [0.25, 0.3) is 6.01 Å². The predicted octanol–water partition coefficient (Wildman–Crippen LogP) is 2.95. The summed E-state index contributed by atoms with van der Waals surface area (Å²) in [5, 5.41) is 0.638. The van der Waals surface area contributed by atoms with Crippen LogP contribution in [0.2, 0.25) is 5.02 Å². The first kappa shape index (κ1) is 16.7. The van der Waals surface area contributed by atoms with E-state index in [1.165, 1.54) is 0 Å². The van der Waals surface area contributed by atoms with Gasteiger partial charge in [0.2, 0.25) is 5.91 Å². The Bertz CT molecular complexity index is 757. The zero-order chi connectivity index (χ0) is 17.2. The third-order valence-corrected chi connectivity index (χ3v) is 5.22. The molecule has 6 nitrogen and oxygen atoms in total. The third kappa shape index (κ3) is 3.60. The second-order valence-corrected chi connectivity index (χ2v) is 7.10. The fraction of sp³-hybridized carbons (Fsp3) is 0.556. The Balaban J connectivity index is 1.44. The molecule has 1 aromatic heterocycles. The number of amides is 1. The molecular weight excluding hydrogens is 342 g/mol. The van der Waals surface area contributed by atoms with E-state index in [1.54, 1.807) is 6.07 Å². The molecule has 0 saturated carbocycles. The van der Waals surface area contributed by atoms with Gasteiger partial charge in [0.05, 0.1) is 0 Å². The Hall–Kier alpha value is -1.79. The smallest absolute Gasteiger partial charge is 0.298 e. The Morgan fingerprint density at radius 1 is 1.16 bits per heavy atom. The molecule has 2 saturated heterocycles. The molecule has 134 valence electrons. The topological polar surface area (TPSA) is 58.8 Å². The Kier molecular flexibility index (Phi) is 4.81. The van der Waals surface area contributed by atoms with Gasteiger partial charge in [0, 0.05) is 56.4 Å². The van der Waals surface area contributed by atoms with Crippen molar-refractivity contribution in [2.24, 2.45) is 5.92 Å². The van der Waals surface area contributed by atoms with Crippen molar-refractivity contribution in [3.05, 3.63) is 23.2 Å². The van der Waals surface area contributed by atoms with E-state index < -0.39 is 0 Å². The SMILES string of the molecule is O=C(C1CCOCC1)N1CCCN(c2nc3ccc(Cl)cc3o2)CC1. The molecule has 25 heavy (non-hydrogen) atoms. The van der Waals surface area contributed by atoms with E-state index in [9.17, 15) is 4.79 Å². The number of hydrogen-bond donors (Lipinski definition) is 0. The van der Waals surface area contributed by atoms with Crippen molar-refractivity contribution in [2.75, 3.05) is 44.3 Å². The molecule has 0 atom stereocenters. The van der Waals surface area contributed by atoms with Crippen molar-refractivity contribution in [2.45, 2.75) is 19.3 Å². The van der Waals surface area contributed by atoms with Gasteiger partial charge in [-0.2, -0.15) is 4.98 Å². The van der Waals surface area contributed by atoms with E-state index in [-0.39, 0.29) is 11.8 Å². The highest BCUT2D eigenvalue weighted by Gasteiger charge is 2.28. The number of carbonyl (C=O) groups excluding carboxylic acids is 1. The number of benzene rings is 1. The maximum absolute atomic E-state index is 12.7. The molecule has 2 fully saturated rings. The zero-order valence-corrected chi connectivity index (χ0v) is 14.9. The Labute approximate surface area is 151 Å². The van der Waals surface area contributed by atoms with Crippen molar-refractivity contribution >= 4 is 34.6 Å². The van der Waals surface area contributed by atoms with Crippen LogP contribution in [0.4, 0.5) is 6.01 Å². The molecular formula is C18H22ClN3O3. The van der Waals surface area contributed by atoms with Crippen LogP contribution in [0.15, 0.2) is 22.6 Å². The summed E-state index contributed by atoms with van der Waals surface area (Å²) in [6.45, 7) is 4.45. The lowest BCUT2D eigenvalue weighted by molar-refractivity contribution is -0.138. The number of carbonyl (C=O) groups is 1. The largest absolute Gasteiger partial charge is 0.423 e. The molecule has 2 aliphatic heterocycles. The zero-order valence-electron chi connectivity index (χ0n) is 14.1. The predicted molar refractivity (Wildman–Crippen MR) is 96.0 cm³/mol. The number of hydrogen-bond acceptors (Lipinski definition) is 5. The van der Waals surface area contributed by atoms with Gasteiger partial charge < -0.3 is 19.0 Å². The summed E-state index contributed by atoms with van der Waals surface area (Å²) in [7, 11) is 0. The maximum atomic E-state index is 12.7. The van der Waals surface area contributed by atoms with Gasteiger partial charge in [0.15, 0.2) is 5.58 Å². The van der Waals surface area contributed by atoms with E-state index >= 15 is 0 Å². The lowest BCUT2D eigenvalue weighted by Gasteiger charge is -2.28. The molecule has 3 heterocycles. The highest BCUT2D eigenvalue weighted by molar-refractivity contribution is 6.31. The van der Waals surface area contributed by atoms with Gasteiger partial charge in [-0.3, -0.25) is 4.79 Å². The van der Waals surface area contributed by atoms with Crippen LogP contribution in [0.3, 0.4) is 0 Å². The van der Waals surface area contributed by atoms with Crippen LogP contribution in [0.25, 0.3) is 11.1 Å². The molecule has 7 heteroatoms. The van der Waals surface area contributed by atoms with Crippen molar-refractivity contribution < 1.29 is 13.9 Å². The second kappa shape index (κ2) is 7.22. The highest BCUT2D eigenvalue weighted by atomic mass is 35.5. The van der Waals surface area contributed by atoms with Gasteiger partial charge in [-0.05, 0) is 31.4 Å². The molecule has 0 spiro atoms. The minimum atomic E-state index is 0.117. The first-order chi connectivity index (χ1) is 12.2. The summed E-state index contributed by atoms with van der Waals surface area (Å²) in [6.07, 6.45) is 2.59. The summed E-state index contributed by atoms with van der Waals surface area (Å²) in [5.41, 5.74) is 1.50. The van der Waals surface area contributed by atoms with E-state index in [0.29, 0.717) is 36.4 Å². The number of aromatic nitrogens is 1. The van der Waals surface area contributed by atoms with E-state index in [4.69, 9.17) is 20.8 Å². The molecule has 2 aromatic rings. The summed E-state index contributed by atoms with van der Waals surface area (Å²) >= 11 is 6.01. The standard InChI is InChI=1S/C18H22ClN3O3/c19-14-2-3-15-16(12-14)25-18(20-15)22-7-1-6-21(8-9-22)17(23)13-4-10-24-11-5-13/h2-3,12-13H,1,4-11H2. The summed E-state index contributed by atoms with van der Waals surface area (Å²) in [5.74, 6) is 0.390. The molecule has 2 aliphatic rings. The van der Waals surface area contributed by atoms with Gasteiger partial charge in [-0.1, -0.05) is 11.6 Å². The van der Waals surface area contributed by atoms with Crippen LogP contribution in [0, 0.1) is 5.92 Å². The minimum Gasteiger partial charge on any atom is -0.423 e. The number of nitrogens with zero attached hydrogens (tertiary/aromatic N) is 3. The van der Waals surface area contributed by atoms with Gasteiger partial charge in [-0.25, -0.2) is 0 Å². The number of halogens is 1. The van der Waals surface area contributed by atoms with Crippen molar-refractivity contribution in [1.29, 1.82) is 0 Å². The highest BCUT2D eigenvalue weighted by Crippen LogP contribution is 2.26. The number of oxazole rings is 1. The van der Waals surface area contributed by atoms with Crippen LogP contribution in [0.1, 0.15) is 19.3 Å². The monoisotopic (exact) mass is 363 g/mol. The molecule has 0 N–H and O–H groups in total. The van der Waals surface area contributed by atoms with Crippen LogP contribution in [-0.4, -0.2) is 55.2 Å². The van der Waals surface area contributed by atoms with Crippen LogP contribution in [-0.2, 0) is 9.53 Å². The number of fused-ring (bicyclic) bond motifs is 1. The van der Waals surface area contributed by atoms with Gasteiger partial charge in [0.1, 0.15) is 5.52 Å². The van der Waals surface area contributed by atoms with E-state index in [1.807, 2.05) is 17.0 Å². The van der Waals surface area contributed by atoms with Crippen molar-refractivity contribution in [1.82, 2.24) is 9.88 Å². The first-order valence-electron chi connectivity index (χ1n) is 8.88. The lowest BCUT2D eigenvalue weighted by Crippen LogP contribution is -2.40. The number of anilines is 1. The second-order valence-electron chi connectivity index (χ2n) is 6.66. The molecule has 1 aromatic carbocycles. The average Bonchev–Trinajstić information content (AvgIpc) is 2.89. The van der Waals surface area contributed by atoms with Crippen LogP contribution < -0.4 is 4.90 Å². The maximum Gasteiger partial charge on any atom is 0.298 e.